The third kappa shape index (κ3) is 3.24. The predicted octanol–water partition coefficient (Wildman–Crippen LogP) is 3.91. The van der Waals surface area contributed by atoms with Gasteiger partial charge in [0, 0.05) is 15.8 Å². The van der Waals surface area contributed by atoms with Gasteiger partial charge in [-0.3, -0.25) is 4.79 Å². The molecule has 0 aliphatic heterocycles. The van der Waals surface area contributed by atoms with Crippen molar-refractivity contribution in [1.29, 1.82) is 0 Å². The number of hydrogen-bond donors (Lipinski definition) is 1. The second kappa shape index (κ2) is 6.09. The number of hydrogen-bond acceptors (Lipinski definition) is 4. The van der Waals surface area contributed by atoms with E-state index in [0.29, 0.717) is 26.8 Å². The van der Waals surface area contributed by atoms with E-state index in [2.05, 4.69) is 36.2 Å². The van der Waals surface area contributed by atoms with Gasteiger partial charge in [-0.05, 0) is 24.3 Å². The van der Waals surface area contributed by atoms with Crippen LogP contribution in [0.15, 0.2) is 34.4 Å². The first-order valence-electron chi connectivity index (χ1n) is 7.35. The van der Waals surface area contributed by atoms with E-state index in [-0.39, 0.29) is 5.56 Å². The quantitative estimate of drug-likeness (QED) is 0.519. The summed E-state index contributed by atoms with van der Waals surface area (Å²) in [5.74, 6) is 3.16. The summed E-state index contributed by atoms with van der Waals surface area (Å²) in [6.45, 7) is 6.48. The summed E-state index contributed by atoms with van der Waals surface area (Å²) in [6.07, 6.45) is 0. The first-order valence-corrected chi connectivity index (χ1v) is 12.1. The van der Waals surface area contributed by atoms with Gasteiger partial charge in [0.1, 0.15) is 13.8 Å². The second-order valence-corrected chi connectivity index (χ2v) is 12.5. The molecule has 3 aromatic rings. The Kier molecular flexibility index (Phi) is 4.26. The van der Waals surface area contributed by atoms with Crippen LogP contribution in [0.1, 0.15) is 5.69 Å². The maximum atomic E-state index is 12.8. The zero-order chi connectivity index (χ0) is 17.5. The van der Waals surface area contributed by atoms with Gasteiger partial charge in [-0.15, -0.1) is 16.9 Å². The Bertz CT molecular complexity index is 1040. The van der Waals surface area contributed by atoms with Crippen LogP contribution in [0, 0.1) is 11.5 Å². The first kappa shape index (κ1) is 16.8. The Labute approximate surface area is 149 Å². The zero-order valence-corrected chi connectivity index (χ0v) is 16.1. The fraction of sp³-hybridized carbons (Fsp3) is 0.176. The Morgan fingerprint density at radius 1 is 1.25 bits per heavy atom. The van der Waals surface area contributed by atoms with Crippen molar-refractivity contribution in [2.45, 2.75) is 19.6 Å². The van der Waals surface area contributed by atoms with Crippen LogP contribution in [0.3, 0.4) is 0 Å². The number of thiophene rings is 1. The van der Waals surface area contributed by atoms with Crippen LogP contribution in [0.5, 0.6) is 0 Å². The highest BCUT2D eigenvalue weighted by molar-refractivity contribution is 7.15. The number of aromatic nitrogens is 2. The average Bonchev–Trinajstić information content (AvgIpc) is 2.90. The van der Waals surface area contributed by atoms with Crippen LogP contribution < -0.4 is 11.3 Å². The molecule has 2 heterocycles. The van der Waals surface area contributed by atoms with Gasteiger partial charge in [-0.25, -0.2) is 0 Å². The molecule has 0 fully saturated rings. The van der Waals surface area contributed by atoms with Crippen molar-refractivity contribution in [1.82, 2.24) is 9.78 Å². The third-order valence-electron chi connectivity index (χ3n) is 3.31. The Morgan fingerprint density at radius 2 is 1.92 bits per heavy atom. The molecule has 0 radical (unpaired) electrons. The molecule has 24 heavy (non-hydrogen) atoms. The maximum absolute atomic E-state index is 12.8. The smallest absolute Gasteiger partial charge is 0.282 e. The van der Waals surface area contributed by atoms with Crippen LogP contribution in [0.2, 0.25) is 24.7 Å². The van der Waals surface area contributed by atoms with Gasteiger partial charge in [0.2, 0.25) is 0 Å². The van der Waals surface area contributed by atoms with Gasteiger partial charge in [0.15, 0.2) is 0 Å². The monoisotopic (exact) mass is 373 g/mol. The molecule has 0 aliphatic rings. The molecule has 4 nitrogen and oxygen atoms in total. The van der Waals surface area contributed by atoms with Crippen molar-refractivity contribution in [2.24, 2.45) is 0 Å². The Hall–Kier alpha value is -2.07. The summed E-state index contributed by atoms with van der Waals surface area (Å²) in [7, 11) is -1.57. The average molecular weight is 374 g/mol. The topological polar surface area (TPSA) is 60.9 Å². The second-order valence-electron chi connectivity index (χ2n) is 6.43. The molecular formula is C17H16ClN3OSSi. The van der Waals surface area contributed by atoms with Gasteiger partial charge >= 0.3 is 0 Å². The number of nitrogens with zero attached hydrogens (tertiary/aromatic N) is 2. The fourth-order valence-electron chi connectivity index (χ4n) is 2.17. The number of halogens is 1. The van der Waals surface area contributed by atoms with Crippen molar-refractivity contribution >= 4 is 46.8 Å². The van der Waals surface area contributed by atoms with Crippen molar-refractivity contribution in [3.8, 4) is 17.2 Å². The molecule has 0 aliphatic carbocycles. The highest BCUT2D eigenvalue weighted by Crippen LogP contribution is 2.27. The lowest BCUT2D eigenvalue weighted by Crippen LogP contribution is -2.23. The number of anilines is 1. The number of rotatable bonds is 1. The van der Waals surface area contributed by atoms with E-state index in [1.54, 1.807) is 24.3 Å². The molecule has 122 valence electrons. The van der Waals surface area contributed by atoms with E-state index in [4.69, 9.17) is 17.3 Å². The van der Waals surface area contributed by atoms with Gasteiger partial charge in [-0.2, -0.15) is 9.78 Å². The molecule has 0 atom stereocenters. The van der Waals surface area contributed by atoms with Crippen LogP contribution in [0.25, 0.3) is 16.5 Å². The van der Waals surface area contributed by atoms with Crippen LogP contribution in [-0.4, -0.2) is 17.9 Å². The molecule has 0 unspecified atom stereocenters. The Morgan fingerprint density at radius 3 is 2.54 bits per heavy atom. The SMILES string of the molecule is C[Si](C)(C)C#Cc1nn(-c2ccc(Cl)cc2)c(=O)c2c(N)scc12. The van der Waals surface area contributed by atoms with E-state index >= 15 is 0 Å². The minimum Gasteiger partial charge on any atom is -0.390 e. The summed E-state index contributed by atoms with van der Waals surface area (Å²) in [4.78, 5) is 12.8. The molecule has 2 aromatic heterocycles. The molecule has 2 N–H and O–H groups in total. The Balaban J connectivity index is 2.32. The van der Waals surface area contributed by atoms with E-state index < -0.39 is 8.07 Å². The number of nitrogens with two attached hydrogens (primary N) is 1. The molecule has 0 spiro atoms. The van der Waals surface area contributed by atoms with Crippen molar-refractivity contribution in [3.63, 3.8) is 0 Å². The normalized spacial score (nSPS) is 11.3. The zero-order valence-electron chi connectivity index (χ0n) is 13.6. The highest BCUT2D eigenvalue weighted by Gasteiger charge is 2.16. The van der Waals surface area contributed by atoms with Gasteiger partial charge in [0.25, 0.3) is 5.56 Å². The third-order valence-corrected chi connectivity index (χ3v) is 5.25. The number of benzene rings is 1. The molecule has 0 saturated carbocycles. The molecular weight excluding hydrogens is 358 g/mol. The lowest BCUT2D eigenvalue weighted by Gasteiger charge is -2.08. The standard InChI is InChI=1S/C17H16ClN3OSSi/c1-24(2,3)9-8-14-13-10-23-16(19)15(13)17(22)21(20-14)12-6-4-11(18)5-7-12/h4-7,10H,19H2,1-3H3. The molecule has 0 amide bonds. The summed E-state index contributed by atoms with van der Waals surface area (Å²) in [6, 6.07) is 6.95. The van der Waals surface area contributed by atoms with E-state index in [1.807, 2.05) is 5.38 Å². The van der Waals surface area contributed by atoms with Crippen LogP contribution >= 0.6 is 22.9 Å². The molecule has 1 aromatic carbocycles. The first-order chi connectivity index (χ1) is 11.3. The number of nitrogen functional groups attached to an aromatic ring is 1. The molecule has 0 saturated heterocycles. The summed E-state index contributed by atoms with van der Waals surface area (Å²) in [5, 5.41) is 8.60. The molecule has 7 heteroatoms. The van der Waals surface area contributed by atoms with Crippen molar-refractivity contribution in [3.05, 3.63) is 50.7 Å². The van der Waals surface area contributed by atoms with Crippen LogP contribution in [0.4, 0.5) is 5.00 Å². The lowest BCUT2D eigenvalue weighted by molar-refractivity contribution is 0.815. The van der Waals surface area contributed by atoms with Crippen molar-refractivity contribution in [2.75, 3.05) is 5.73 Å². The van der Waals surface area contributed by atoms with E-state index in [1.165, 1.54) is 16.0 Å². The molecule has 0 bridgehead atoms. The van der Waals surface area contributed by atoms with E-state index in [0.717, 1.165) is 5.39 Å². The molecule has 3 rings (SSSR count). The maximum Gasteiger partial charge on any atom is 0.282 e. The lowest BCUT2D eigenvalue weighted by atomic mass is 10.2. The summed E-state index contributed by atoms with van der Waals surface area (Å²) >= 11 is 7.26. The number of fused-ring (bicyclic) bond motifs is 1. The minimum absolute atomic E-state index is 0.246. The minimum atomic E-state index is -1.57. The predicted molar refractivity (Wildman–Crippen MR) is 105 cm³/mol. The highest BCUT2D eigenvalue weighted by atomic mass is 35.5. The largest absolute Gasteiger partial charge is 0.390 e. The summed E-state index contributed by atoms with van der Waals surface area (Å²) < 4.78 is 1.34. The summed E-state index contributed by atoms with van der Waals surface area (Å²) in [5.41, 5.74) is 10.3. The van der Waals surface area contributed by atoms with E-state index in [9.17, 15) is 4.79 Å². The van der Waals surface area contributed by atoms with Crippen LogP contribution in [-0.2, 0) is 0 Å². The van der Waals surface area contributed by atoms with Gasteiger partial charge < -0.3 is 5.73 Å². The fourth-order valence-corrected chi connectivity index (χ4v) is 3.58. The van der Waals surface area contributed by atoms with Crippen molar-refractivity contribution < 1.29 is 0 Å². The van der Waals surface area contributed by atoms with Gasteiger partial charge in [0.05, 0.1) is 16.1 Å². The van der Waals surface area contributed by atoms with Gasteiger partial charge in [-0.1, -0.05) is 37.2 Å².